The highest BCUT2D eigenvalue weighted by atomic mass is 35.5. The molecule has 26 heavy (non-hydrogen) atoms. The highest BCUT2D eigenvalue weighted by Crippen LogP contribution is 2.34. The molecule has 2 aromatic heterocycles. The maximum absolute atomic E-state index is 6.32. The predicted octanol–water partition coefficient (Wildman–Crippen LogP) is 5.17. The van der Waals surface area contributed by atoms with E-state index in [0.29, 0.717) is 0 Å². The first-order valence-corrected chi connectivity index (χ1v) is 9.47. The summed E-state index contributed by atoms with van der Waals surface area (Å²) in [7, 11) is 2.19. The van der Waals surface area contributed by atoms with Crippen molar-refractivity contribution in [2.45, 2.75) is 33.4 Å². The number of rotatable bonds is 3. The van der Waals surface area contributed by atoms with Gasteiger partial charge in [0.15, 0.2) is 0 Å². The molecule has 134 valence electrons. The predicted molar refractivity (Wildman–Crippen MR) is 109 cm³/mol. The van der Waals surface area contributed by atoms with E-state index in [2.05, 4.69) is 59.6 Å². The molecule has 3 aromatic rings. The lowest BCUT2D eigenvalue weighted by atomic mass is 10.0. The SMILES string of the molecule is CC(C)=C(Cn1c2c(c3cc(Cl)ccc31)CN(C)CC2)c1ccncc1. The lowest BCUT2D eigenvalue weighted by molar-refractivity contribution is 0.310. The molecule has 0 amide bonds. The Morgan fingerprint density at radius 2 is 1.92 bits per heavy atom. The number of pyridine rings is 1. The standard InChI is InChI=1S/C22H24ClN3/c1-15(2)19(16-6-9-24-10-7-16)14-26-21-5-4-17(23)12-18(21)20-13-25(3)11-8-22(20)26/h4-7,9-10,12H,8,11,13-14H2,1-3H3. The number of benzene rings is 1. The van der Waals surface area contributed by atoms with Gasteiger partial charge in [0.05, 0.1) is 0 Å². The minimum atomic E-state index is 0.808. The molecule has 0 spiro atoms. The molecule has 0 aliphatic carbocycles. The van der Waals surface area contributed by atoms with Crippen LogP contribution in [0, 0.1) is 0 Å². The Hall–Kier alpha value is -2.10. The number of fused-ring (bicyclic) bond motifs is 3. The summed E-state index contributed by atoms with van der Waals surface area (Å²) in [6.07, 6.45) is 4.82. The Balaban J connectivity index is 1.88. The van der Waals surface area contributed by atoms with Crippen molar-refractivity contribution in [3.63, 3.8) is 0 Å². The van der Waals surface area contributed by atoms with Crippen molar-refractivity contribution in [1.29, 1.82) is 0 Å². The third kappa shape index (κ3) is 3.06. The third-order valence-electron chi connectivity index (χ3n) is 5.36. The lowest BCUT2D eigenvalue weighted by Gasteiger charge is -2.25. The number of likely N-dealkylation sites (N-methyl/N-ethyl adjacent to an activating group) is 1. The molecule has 1 aromatic carbocycles. The van der Waals surface area contributed by atoms with Gasteiger partial charge in [-0.3, -0.25) is 4.98 Å². The van der Waals surface area contributed by atoms with Crippen molar-refractivity contribution in [3.05, 3.63) is 70.1 Å². The van der Waals surface area contributed by atoms with Gasteiger partial charge in [-0.15, -0.1) is 0 Å². The molecule has 1 aliphatic rings. The Bertz CT molecular complexity index is 982. The van der Waals surface area contributed by atoms with Crippen molar-refractivity contribution < 1.29 is 0 Å². The van der Waals surface area contributed by atoms with E-state index in [0.717, 1.165) is 31.1 Å². The summed E-state index contributed by atoms with van der Waals surface area (Å²) in [5, 5.41) is 2.10. The van der Waals surface area contributed by atoms with E-state index in [9.17, 15) is 0 Å². The van der Waals surface area contributed by atoms with Crippen molar-refractivity contribution in [3.8, 4) is 0 Å². The van der Waals surface area contributed by atoms with E-state index >= 15 is 0 Å². The molecule has 3 nitrogen and oxygen atoms in total. The highest BCUT2D eigenvalue weighted by molar-refractivity contribution is 6.31. The molecule has 0 saturated heterocycles. The first kappa shape index (κ1) is 17.3. The summed E-state index contributed by atoms with van der Waals surface area (Å²) < 4.78 is 2.50. The fraction of sp³-hybridized carbons (Fsp3) is 0.318. The first-order chi connectivity index (χ1) is 12.5. The molecule has 0 atom stereocenters. The van der Waals surface area contributed by atoms with Crippen LogP contribution < -0.4 is 0 Å². The minimum Gasteiger partial charge on any atom is -0.340 e. The summed E-state index contributed by atoms with van der Waals surface area (Å²) in [5.74, 6) is 0. The Kier molecular flexibility index (Phi) is 4.60. The van der Waals surface area contributed by atoms with Crippen molar-refractivity contribution in [1.82, 2.24) is 14.5 Å². The van der Waals surface area contributed by atoms with Gasteiger partial charge >= 0.3 is 0 Å². The van der Waals surface area contributed by atoms with Crippen LogP contribution in [0.15, 0.2) is 48.3 Å². The number of aromatic nitrogens is 2. The molecule has 0 bridgehead atoms. The van der Waals surface area contributed by atoms with Crippen molar-refractivity contribution in [2.75, 3.05) is 13.6 Å². The molecule has 3 heterocycles. The van der Waals surface area contributed by atoms with Gasteiger partial charge in [-0.25, -0.2) is 0 Å². The van der Waals surface area contributed by atoms with E-state index < -0.39 is 0 Å². The summed E-state index contributed by atoms with van der Waals surface area (Å²) in [6, 6.07) is 10.5. The number of hydrogen-bond donors (Lipinski definition) is 0. The molecule has 1 aliphatic heterocycles. The van der Waals surface area contributed by atoms with Crippen LogP contribution >= 0.6 is 11.6 Å². The molecular formula is C22H24ClN3. The molecule has 0 N–H and O–H groups in total. The van der Waals surface area contributed by atoms with Crippen LogP contribution in [-0.4, -0.2) is 28.0 Å². The fourth-order valence-electron chi connectivity index (χ4n) is 3.99. The second kappa shape index (κ2) is 6.90. The number of nitrogens with zero attached hydrogens (tertiary/aromatic N) is 3. The third-order valence-corrected chi connectivity index (χ3v) is 5.59. The van der Waals surface area contributed by atoms with Gasteiger partial charge in [0.1, 0.15) is 0 Å². The number of hydrogen-bond acceptors (Lipinski definition) is 2. The minimum absolute atomic E-state index is 0.808. The van der Waals surface area contributed by atoms with Crippen LogP contribution in [-0.2, 0) is 19.5 Å². The molecular weight excluding hydrogens is 342 g/mol. The monoisotopic (exact) mass is 365 g/mol. The van der Waals surface area contributed by atoms with Crippen LogP contribution in [0.2, 0.25) is 5.02 Å². The topological polar surface area (TPSA) is 21.1 Å². The van der Waals surface area contributed by atoms with Gasteiger partial charge in [0.2, 0.25) is 0 Å². The zero-order valence-electron chi connectivity index (χ0n) is 15.6. The number of halogens is 1. The summed E-state index contributed by atoms with van der Waals surface area (Å²) in [4.78, 5) is 6.56. The van der Waals surface area contributed by atoms with E-state index in [-0.39, 0.29) is 0 Å². The van der Waals surface area contributed by atoms with Gasteiger partial charge < -0.3 is 9.47 Å². The van der Waals surface area contributed by atoms with Gasteiger partial charge in [0, 0.05) is 60.1 Å². The molecule has 4 rings (SSSR count). The van der Waals surface area contributed by atoms with Gasteiger partial charge in [-0.1, -0.05) is 17.2 Å². The summed E-state index contributed by atoms with van der Waals surface area (Å²) in [6.45, 7) is 7.34. The maximum atomic E-state index is 6.32. The van der Waals surface area contributed by atoms with Crippen molar-refractivity contribution >= 4 is 28.1 Å². The second-order valence-electron chi connectivity index (χ2n) is 7.38. The van der Waals surface area contributed by atoms with Crippen molar-refractivity contribution in [2.24, 2.45) is 0 Å². The van der Waals surface area contributed by atoms with E-state index in [1.807, 2.05) is 18.5 Å². The van der Waals surface area contributed by atoms with Gasteiger partial charge in [0.25, 0.3) is 0 Å². The van der Waals surface area contributed by atoms with E-state index in [1.165, 1.54) is 38.9 Å². The van der Waals surface area contributed by atoms with Gasteiger partial charge in [-0.05, 0) is 67.9 Å². The summed E-state index contributed by atoms with van der Waals surface area (Å²) in [5.41, 5.74) is 8.11. The first-order valence-electron chi connectivity index (χ1n) is 9.09. The fourth-order valence-corrected chi connectivity index (χ4v) is 4.16. The smallest absolute Gasteiger partial charge is 0.0490 e. The van der Waals surface area contributed by atoms with Crippen LogP contribution in [0.25, 0.3) is 16.5 Å². The Morgan fingerprint density at radius 1 is 1.15 bits per heavy atom. The quantitative estimate of drug-likeness (QED) is 0.638. The van der Waals surface area contributed by atoms with Crippen LogP contribution in [0.1, 0.15) is 30.7 Å². The molecule has 0 unspecified atom stereocenters. The van der Waals surface area contributed by atoms with Crippen LogP contribution in [0.3, 0.4) is 0 Å². The Morgan fingerprint density at radius 3 is 2.65 bits per heavy atom. The highest BCUT2D eigenvalue weighted by Gasteiger charge is 2.23. The van der Waals surface area contributed by atoms with E-state index in [1.54, 1.807) is 0 Å². The average molecular weight is 366 g/mol. The number of allylic oxidation sites excluding steroid dienone is 2. The average Bonchev–Trinajstić information content (AvgIpc) is 2.92. The Labute approximate surface area is 159 Å². The van der Waals surface area contributed by atoms with Gasteiger partial charge in [-0.2, -0.15) is 0 Å². The largest absolute Gasteiger partial charge is 0.340 e. The molecule has 0 saturated carbocycles. The lowest BCUT2D eigenvalue weighted by Crippen LogP contribution is -2.27. The molecule has 0 fully saturated rings. The zero-order chi connectivity index (χ0) is 18.3. The maximum Gasteiger partial charge on any atom is 0.0490 e. The van der Waals surface area contributed by atoms with Crippen LogP contribution in [0.4, 0.5) is 0 Å². The molecule has 0 radical (unpaired) electrons. The second-order valence-corrected chi connectivity index (χ2v) is 7.81. The van der Waals surface area contributed by atoms with Crippen LogP contribution in [0.5, 0.6) is 0 Å². The summed E-state index contributed by atoms with van der Waals surface area (Å²) >= 11 is 6.32. The van der Waals surface area contributed by atoms with E-state index in [4.69, 9.17) is 11.6 Å². The zero-order valence-corrected chi connectivity index (χ0v) is 16.3. The molecule has 4 heteroatoms. The normalized spacial score (nSPS) is 14.5.